The molecule has 2 rings (SSSR count). The van der Waals surface area contributed by atoms with Gasteiger partial charge in [-0.25, -0.2) is 0 Å². The second-order valence-corrected chi connectivity index (χ2v) is 6.49. The van der Waals surface area contributed by atoms with Crippen molar-refractivity contribution in [3.63, 3.8) is 0 Å². The number of guanidine groups is 1. The molecule has 0 bridgehead atoms. The predicted octanol–water partition coefficient (Wildman–Crippen LogP) is 1.85. The van der Waals surface area contributed by atoms with Crippen molar-refractivity contribution in [3.8, 4) is 5.75 Å². The molecule has 0 amide bonds. The number of para-hydroxylation sites is 1. The number of alkyl halides is 1. The number of nitrogens with zero attached hydrogens (tertiary/aromatic N) is 1. The third kappa shape index (κ3) is 6.01. The van der Waals surface area contributed by atoms with E-state index in [1.54, 1.807) is 18.2 Å². The first-order chi connectivity index (χ1) is 12.3. The summed E-state index contributed by atoms with van der Waals surface area (Å²) in [4.78, 5) is 13.5. The number of benzene rings is 2. The number of halogens is 2. The van der Waals surface area contributed by atoms with E-state index in [2.05, 4.69) is 4.99 Å². The Morgan fingerprint density at radius 2 is 1.85 bits per heavy atom. The van der Waals surface area contributed by atoms with Crippen molar-refractivity contribution in [2.24, 2.45) is 11.5 Å². The van der Waals surface area contributed by atoms with Gasteiger partial charge in [0.05, 0.1) is 22.4 Å². The summed E-state index contributed by atoms with van der Waals surface area (Å²) >= 11 is 6.37. The normalized spacial score (nSPS) is 11.2. The summed E-state index contributed by atoms with van der Waals surface area (Å²) in [5.41, 5.74) is 14.0. The molecule has 0 aliphatic rings. The molecule has 1 unspecified atom stereocenters. The highest BCUT2D eigenvalue weighted by molar-refractivity contribution is 6.20. The maximum absolute atomic E-state index is 11.1. The van der Waals surface area contributed by atoms with Gasteiger partial charge in [-0.2, -0.15) is 0 Å². The third-order valence-electron chi connectivity index (χ3n) is 3.89. The molecule has 0 saturated heterocycles. The third-order valence-corrected chi connectivity index (χ3v) is 4.30. The lowest BCUT2D eigenvalue weighted by Gasteiger charge is -2.16. The van der Waals surface area contributed by atoms with E-state index in [-0.39, 0.29) is 36.0 Å². The Morgan fingerprint density at radius 3 is 2.41 bits per heavy atom. The molecule has 0 aliphatic carbocycles. The molecule has 1 atom stereocenters. The van der Waals surface area contributed by atoms with E-state index in [1.807, 2.05) is 26.0 Å². The van der Waals surface area contributed by atoms with Gasteiger partial charge in [0.15, 0.2) is 0 Å². The van der Waals surface area contributed by atoms with E-state index in [0.717, 1.165) is 16.7 Å². The lowest BCUT2D eigenvalue weighted by Crippen LogP contribution is -2.78. The lowest BCUT2D eigenvalue weighted by molar-refractivity contribution is -0.459. The second-order valence-electron chi connectivity index (χ2n) is 5.96. The second kappa shape index (κ2) is 9.99. The summed E-state index contributed by atoms with van der Waals surface area (Å²) in [6.07, 6.45) is 0. The van der Waals surface area contributed by atoms with Gasteiger partial charge in [-0.05, 0) is 36.6 Å². The summed E-state index contributed by atoms with van der Waals surface area (Å²) in [7, 11) is 0. The molecule has 0 radical (unpaired) electrons. The van der Waals surface area contributed by atoms with E-state index in [1.165, 1.54) is 6.07 Å². The quantitative estimate of drug-likeness (QED) is 0.210. The molecule has 9 heteroatoms. The van der Waals surface area contributed by atoms with Crippen LogP contribution < -0.4 is 21.2 Å². The van der Waals surface area contributed by atoms with Gasteiger partial charge in [0.25, 0.3) is 5.69 Å². The number of nitro benzene ring substituents is 1. The van der Waals surface area contributed by atoms with Crippen LogP contribution in [0.4, 0.5) is 5.69 Å². The van der Waals surface area contributed by atoms with E-state index in [4.69, 9.17) is 27.8 Å². The largest absolute Gasteiger partial charge is 0.488 e. The van der Waals surface area contributed by atoms with Crippen LogP contribution in [0.3, 0.4) is 0 Å². The first-order valence-corrected chi connectivity index (χ1v) is 8.45. The summed E-state index contributed by atoms with van der Waals surface area (Å²) in [6.45, 7) is 4.33. The van der Waals surface area contributed by atoms with Crippen molar-refractivity contribution in [1.82, 2.24) is 0 Å². The molecule has 2 aromatic rings. The number of nitrogens with two attached hydrogens (primary N) is 2. The van der Waals surface area contributed by atoms with Gasteiger partial charge in [-0.15, -0.1) is 24.0 Å². The first kappa shape index (κ1) is 22.5. The zero-order valence-electron chi connectivity index (χ0n) is 15.1. The fourth-order valence-electron chi connectivity index (χ4n) is 2.68. The molecule has 0 spiro atoms. The number of nitro groups is 1. The minimum absolute atomic E-state index is 0. The molecular formula is C18H23Cl2N4O3+. The van der Waals surface area contributed by atoms with Crippen LogP contribution in [0.2, 0.25) is 0 Å². The average molecular weight is 414 g/mol. The highest BCUT2D eigenvalue weighted by Crippen LogP contribution is 2.30. The summed E-state index contributed by atoms with van der Waals surface area (Å²) in [5, 5.41) is 10.8. The van der Waals surface area contributed by atoms with Crippen LogP contribution in [0, 0.1) is 24.0 Å². The van der Waals surface area contributed by atoms with Crippen LogP contribution in [0.5, 0.6) is 5.75 Å². The van der Waals surface area contributed by atoms with Crippen molar-refractivity contribution in [2.45, 2.75) is 25.8 Å². The maximum atomic E-state index is 11.1. The number of ether oxygens (including phenoxy) is 1. The Kier molecular flexibility index (Phi) is 8.33. The van der Waals surface area contributed by atoms with Gasteiger partial charge in [-0.1, -0.05) is 24.3 Å². The van der Waals surface area contributed by atoms with Crippen LogP contribution >= 0.6 is 24.0 Å². The average Bonchev–Trinajstić information content (AvgIpc) is 2.58. The molecular weight excluding hydrogens is 391 g/mol. The molecule has 0 aromatic heterocycles. The molecule has 0 saturated carbocycles. The standard InChI is InChI=1S/C18H21ClN4O3.ClH/c1-11-7-14(15(19)9-22-18(20)21)8-12(2)17(11)26-10-13-5-3-4-6-16(13)23(24)25;/h3-8,15H,9-10H2,1-2H3,(H4,20,21,22);1H/p+1. The van der Waals surface area contributed by atoms with Crippen LogP contribution in [-0.4, -0.2) is 17.4 Å². The zero-order valence-corrected chi connectivity index (χ0v) is 16.6. The van der Waals surface area contributed by atoms with Crippen LogP contribution in [0.25, 0.3) is 0 Å². The van der Waals surface area contributed by atoms with Gasteiger partial charge in [0.2, 0.25) is 0 Å². The number of hydrogen-bond acceptors (Lipinski definition) is 3. The number of hydrogen-bond donors (Lipinski definition) is 3. The number of nitrogens with one attached hydrogen (secondary N) is 1. The van der Waals surface area contributed by atoms with E-state index < -0.39 is 4.92 Å². The van der Waals surface area contributed by atoms with Crippen molar-refractivity contribution in [1.29, 1.82) is 0 Å². The first-order valence-electron chi connectivity index (χ1n) is 8.01. The number of rotatable bonds is 7. The minimum Gasteiger partial charge on any atom is -0.488 e. The smallest absolute Gasteiger partial charge is 0.338 e. The van der Waals surface area contributed by atoms with Crippen LogP contribution in [0.1, 0.15) is 27.6 Å². The monoisotopic (exact) mass is 413 g/mol. The predicted molar refractivity (Wildman–Crippen MR) is 108 cm³/mol. The fourth-order valence-corrected chi connectivity index (χ4v) is 2.88. The highest BCUT2D eigenvalue weighted by atomic mass is 35.5. The van der Waals surface area contributed by atoms with Crippen LogP contribution in [-0.2, 0) is 6.61 Å². The van der Waals surface area contributed by atoms with Gasteiger partial charge in [0, 0.05) is 6.07 Å². The molecule has 7 nitrogen and oxygen atoms in total. The topological polar surface area (TPSA) is 118 Å². The molecule has 0 aliphatic heterocycles. The van der Waals surface area contributed by atoms with Gasteiger partial charge < -0.3 is 4.74 Å². The molecule has 27 heavy (non-hydrogen) atoms. The van der Waals surface area contributed by atoms with Crippen molar-refractivity contribution in [3.05, 3.63) is 68.8 Å². The Labute approximate surface area is 168 Å². The molecule has 146 valence electrons. The minimum atomic E-state index is -0.410. The van der Waals surface area contributed by atoms with Crippen molar-refractivity contribution in [2.75, 3.05) is 6.54 Å². The number of aryl methyl sites for hydroxylation is 2. The SMILES string of the molecule is Cc1cc(C(Cl)C[NH+]=C(N)N)cc(C)c1OCc1ccccc1[N+](=O)[O-].Cl. The Morgan fingerprint density at radius 1 is 1.26 bits per heavy atom. The Bertz CT molecular complexity index is 816. The Balaban J connectivity index is 0.00000364. The fraction of sp³-hybridized carbons (Fsp3) is 0.278. The molecule has 0 fully saturated rings. The lowest BCUT2D eigenvalue weighted by atomic mass is 10.0. The van der Waals surface area contributed by atoms with Gasteiger partial charge >= 0.3 is 5.96 Å². The van der Waals surface area contributed by atoms with Gasteiger partial charge in [-0.3, -0.25) is 26.6 Å². The van der Waals surface area contributed by atoms with Crippen molar-refractivity contribution >= 4 is 35.7 Å². The van der Waals surface area contributed by atoms with Crippen molar-refractivity contribution < 1.29 is 14.7 Å². The van der Waals surface area contributed by atoms with E-state index in [9.17, 15) is 10.1 Å². The molecule has 2 aromatic carbocycles. The summed E-state index contributed by atoms with van der Waals surface area (Å²) in [5.74, 6) is 0.808. The van der Waals surface area contributed by atoms with E-state index >= 15 is 0 Å². The Hall–Kier alpha value is -2.51. The summed E-state index contributed by atoms with van der Waals surface area (Å²) in [6, 6.07) is 10.4. The maximum Gasteiger partial charge on any atom is 0.338 e. The highest BCUT2D eigenvalue weighted by Gasteiger charge is 2.16. The van der Waals surface area contributed by atoms with Gasteiger partial charge in [0.1, 0.15) is 12.4 Å². The summed E-state index contributed by atoms with van der Waals surface area (Å²) < 4.78 is 5.87. The van der Waals surface area contributed by atoms with Crippen LogP contribution in [0.15, 0.2) is 36.4 Å². The zero-order chi connectivity index (χ0) is 19.3. The molecule has 0 heterocycles. The van der Waals surface area contributed by atoms with E-state index in [0.29, 0.717) is 17.9 Å². The molecule has 5 N–H and O–H groups in total.